The second-order valence-corrected chi connectivity index (χ2v) is 1.99. The molecule has 11 heavy (non-hydrogen) atoms. The Bertz CT molecular complexity index is 283. The summed E-state index contributed by atoms with van der Waals surface area (Å²) in [5.74, 6) is 0. The Morgan fingerprint density at radius 3 is 3.09 bits per heavy atom. The van der Waals surface area contributed by atoms with Crippen molar-refractivity contribution >= 4 is 10.9 Å². The summed E-state index contributed by atoms with van der Waals surface area (Å²) in [6, 6.07) is 6.78. The van der Waals surface area contributed by atoms with Gasteiger partial charge in [0, 0.05) is 25.7 Å². The first-order valence-corrected chi connectivity index (χ1v) is 3.03. The van der Waals surface area contributed by atoms with Crippen LogP contribution >= 0.6 is 0 Å². The van der Waals surface area contributed by atoms with Crippen LogP contribution in [-0.4, -0.2) is 9.97 Å². The zero-order valence-electron chi connectivity index (χ0n) is 5.61. The summed E-state index contributed by atoms with van der Waals surface area (Å²) in [6.45, 7) is 0. The predicted octanol–water partition coefficient (Wildman–Crippen LogP) is 1.43. The van der Waals surface area contributed by atoms with Crippen molar-refractivity contribution < 1.29 is 19.5 Å². The zero-order chi connectivity index (χ0) is 6.81. The molecular weight excluding hydrogens is 227 g/mol. The Morgan fingerprint density at radius 1 is 1.36 bits per heavy atom. The second-order valence-electron chi connectivity index (χ2n) is 1.99. The van der Waals surface area contributed by atoms with Gasteiger partial charge in [-0.2, -0.15) is 0 Å². The minimum absolute atomic E-state index is 0. The van der Waals surface area contributed by atoms with Gasteiger partial charge in [0.25, 0.3) is 0 Å². The van der Waals surface area contributed by atoms with Crippen molar-refractivity contribution in [3.8, 4) is 0 Å². The third-order valence-corrected chi connectivity index (χ3v) is 1.33. The molecule has 2 nitrogen and oxygen atoms in total. The molecule has 57 valence electrons. The van der Waals surface area contributed by atoms with E-state index >= 15 is 0 Å². The molecule has 2 rings (SSSR count). The number of nitrogens with zero attached hydrogens (tertiary/aromatic N) is 2. The summed E-state index contributed by atoms with van der Waals surface area (Å²) >= 11 is 0. The molecular formula is C8H5N2Rh-. The van der Waals surface area contributed by atoms with Gasteiger partial charge in [-0.3, -0.25) is 4.98 Å². The topological polar surface area (TPSA) is 25.8 Å². The molecule has 2 aromatic heterocycles. The molecule has 0 bridgehead atoms. The summed E-state index contributed by atoms with van der Waals surface area (Å²) in [5, 5.41) is 1.03. The summed E-state index contributed by atoms with van der Waals surface area (Å²) < 4.78 is 0. The summed E-state index contributed by atoms with van der Waals surface area (Å²) in [4.78, 5) is 8.00. The fraction of sp³-hybridized carbons (Fsp3) is 0. The fourth-order valence-electron chi connectivity index (χ4n) is 0.858. The Labute approximate surface area is 77.4 Å². The van der Waals surface area contributed by atoms with Crippen molar-refractivity contribution in [2.45, 2.75) is 0 Å². The number of pyridine rings is 2. The van der Waals surface area contributed by atoms with E-state index in [1.54, 1.807) is 18.6 Å². The minimum Gasteiger partial charge on any atom is -0.303 e. The normalized spacial score (nSPS) is 9.09. The van der Waals surface area contributed by atoms with E-state index in [-0.39, 0.29) is 19.5 Å². The van der Waals surface area contributed by atoms with E-state index in [9.17, 15) is 0 Å². The first-order valence-electron chi connectivity index (χ1n) is 3.03. The van der Waals surface area contributed by atoms with Crippen LogP contribution in [-0.2, 0) is 19.5 Å². The van der Waals surface area contributed by atoms with Gasteiger partial charge in [0.05, 0.1) is 0 Å². The van der Waals surface area contributed by atoms with Crippen molar-refractivity contribution in [1.29, 1.82) is 0 Å². The van der Waals surface area contributed by atoms with E-state index < -0.39 is 0 Å². The molecule has 0 saturated carbocycles. The van der Waals surface area contributed by atoms with Gasteiger partial charge >= 0.3 is 0 Å². The third kappa shape index (κ3) is 1.60. The van der Waals surface area contributed by atoms with Crippen LogP contribution in [0.3, 0.4) is 0 Å². The van der Waals surface area contributed by atoms with Gasteiger partial charge < -0.3 is 4.98 Å². The second kappa shape index (κ2) is 3.54. The van der Waals surface area contributed by atoms with Gasteiger partial charge in [-0.1, -0.05) is 17.8 Å². The Hall–Kier alpha value is -0.817. The van der Waals surface area contributed by atoms with Crippen LogP contribution in [0.2, 0.25) is 0 Å². The average molecular weight is 232 g/mol. The van der Waals surface area contributed by atoms with E-state index in [1.165, 1.54) is 0 Å². The van der Waals surface area contributed by atoms with Crippen LogP contribution in [0.1, 0.15) is 0 Å². The van der Waals surface area contributed by atoms with Crippen LogP contribution in [0.15, 0.2) is 30.7 Å². The maximum absolute atomic E-state index is 4.09. The molecule has 0 aliphatic heterocycles. The summed E-state index contributed by atoms with van der Waals surface area (Å²) in [7, 11) is 0. The quantitative estimate of drug-likeness (QED) is 0.507. The SMILES string of the molecule is [Rh].[c-]1cncc2cccnc12. The van der Waals surface area contributed by atoms with E-state index in [2.05, 4.69) is 16.0 Å². The van der Waals surface area contributed by atoms with Crippen molar-refractivity contribution in [2.24, 2.45) is 0 Å². The molecule has 0 saturated heterocycles. The van der Waals surface area contributed by atoms with Gasteiger partial charge in [0.1, 0.15) is 0 Å². The van der Waals surface area contributed by atoms with Crippen molar-refractivity contribution in [3.63, 3.8) is 0 Å². The molecule has 0 spiro atoms. The van der Waals surface area contributed by atoms with Gasteiger partial charge in [-0.25, -0.2) is 6.07 Å². The summed E-state index contributed by atoms with van der Waals surface area (Å²) in [6.07, 6.45) is 5.15. The molecule has 0 amide bonds. The smallest absolute Gasteiger partial charge is 0.0222 e. The van der Waals surface area contributed by atoms with Crippen molar-refractivity contribution in [1.82, 2.24) is 9.97 Å². The first kappa shape index (κ1) is 8.28. The standard InChI is InChI=1S/C8H5N2.Rh/c1-2-7-6-9-5-3-8(7)10-4-1;/h1-2,4-6H;/q-1;. The number of hydrogen-bond donors (Lipinski definition) is 0. The van der Waals surface area contributed by atoms with Gasteiger partial charge in [0.2, 0.25) is 0 Å². The van der Waals surface area contributed by atoms with E-state index in [4.69, 9.17) is 0 Å². The van der Waals surface area contributed by atoms with Crippen LogP contribution < -0.4 is 0 Å². The van der Waals surface area contributed by atoms with Gasteiger partial charge in [-0.05, 0) is 6.20 Å². The predicted molar refractivity (Wildman–Crippen MR) is 38.4 cm³/mol. The Morgan fingerprint density at radius 2 is 2.27 bits per heavy atom. The Balaban J connectivity index is 0.000000605. The van der Waals surface area contributed by atoms with Crippen molar-refractivity contribution in [3.05, 3.63) is 36.8 Å². The van der Waals surface area contributed by atoms with Crippen molar-refractivity contribution in [2.75, 3.05) is 0 Å². The molecule has 0 atom stereocenters. The monoisotopic (exact) mass is 232 g/mol. The van der Waals surface area contributed by atoms with Crippen LogP contribution in [0.5, 0.6) is 0 Å². The molecule has 0 aliphatic carbocycles. The average Bonchev–Trinajstić information content (AvgIpc) is 2.05. The molecule has 2 heterocycles. The maximum atomic E-state index is 4.09. The maximum Gasteiger partial charge on any atom is 0.0222 e. The van der Waals surface area contributed by atoms with Crippen LogP contribution in [0.25, 0.3) is 10.9 Å². The molecule has 3 heteroatoms. The minimum atomic E-state index is 0. The molecule has 0 aromatic carbocycles. The van der Waals surface area contributed by atoms with Crippen LogP contribution in [0.4, 0.5) is 0 Å². The number of rotatable bonds is 0. The third-order valence-electron chi connectivity index (χ3n) is 1.33. The summed E-state index contributed by atoms with van der Waals surface area (Å²) in [5.41, 5.74) is 0.873. The molecule has 1 radical (unpaired) electrons. The zero-order valence-corrected chi connectivity index (χ0v) is 7.25. The van der Waals surface area contributed by atoms with E-state index in [0.717, 1.165) is 10.9 Å². The molecule has 0 aliphatic rings. The first-order chi connectivity index (χ1) is 4.97. The number of aromatic nitrogens is 2. The molecule has 0 fully saturated rings. The van der Waals surface area contributed by atoms with E-state index in [0.29, 0.717) is 0 Å². The van der Waals surface area contributed by atoms with Crippen LogP contribution in [0, 0.1) is 6.07 Å². The van der Waals surface area contributed by atoms with E-state index in [1.807, 2.05) is 12.1 Å². The number of fused-ring (bicyclic) bond motifs is 1. The molecule has 0 N–H and O–H groups in total. The molecule has 0 unspecified atom stereocenters. The van der Waals surface area contributed by atoms with Gasteiger partial charge in [0.15, 0.2) is 0 Å². The molecule has 2 aromatic rings. The van der Waals surface area contributed by atoms with Gasteiger partial charge in [-0.15, -0.1) is 11.5 Å². The largest absolute Gasteiger partial charge is 0.303 e. The fourth-order valence-corrected chi connectivity index (χ4v) is 0.858. The Kier molecular flexibility index (Phi) is 2.66. The number of hydrogen-bond acceptors (Lipinski definition) is 2.